The quantitative estimate of drug-likeness (QED) is 0.246. The third kappa shape index (κ3) is 4.70. The molecule has 142 valence electrons. The maximum Gasteiger partial charge on any atom is 0.311 e. The van der Waals surface area contributed by atoms with Crippen molar-refractivity contribution in [3.63, 3.8) is 0 Å². The van der Waals surface area contributed by atoms with Gasteiger partial charge in [-0.25, -0.2) is 4.39 Å². The Morgan fingerprint density at radius 3 is 2.79 bits per heavy atom. The summed E-state index contributed by atoms with van der Waals surface area (Å²) in [6.07, 6.45) is 2.93. The zero-order valence-electron chi connectivity index (χ0n) is 14.9. The Bertz CT molecular complexity index is 1050. The number of carbonyl (C=O) groups excluding carboxylic acids is 1. The normalized spacial score (nSPS) is 10.9. The van der Waals surface area contributed by atoms with Crippen LogP contribution >= 0.6 is 0 Å². The lowest BCUT2D eigenvalue weighted by Gasteiger charge is -2.05. The highest BCUT2D eigenvalue weighted by Crippen LogP contribution is 2.28. The summed E-state index contributed by atoms with van der Waals surface area (Å²) in [7, 11) is 0. The van der Waals surface area contributed by atoms with Crippen molar-refractivity contribution in [2.24, 2.45) is 0 Å². The number of carbonyl (C=O) groups is 1. The van der Waals surface area contributed by atoms with Crippen molar-refractivity contribution in [2.45, 2.75) is 13.5 Å². The predicted octanol–water partition coefficient (Wildman–Crippen LogP) is 5.11. The third-order valence-corrected chi connectivity index (χ3v) is 3.87. The number of rotatable bonds is 7. The van der Waals surface area contributed by atoms with Crippen LogP contribution in [0.5, 0.6) is 5.75 Å². The van der Waals surface area contributed by atoms with Gasteiger partial charge in [-0.05, 0) is 43.3 Å². The highest BCUT2D eigenvalue weighted by molar-refractivity contribution is 6.06. The van der Waals surface area contributed by atoms with E-state index in [2.05, 4.69) is 0 Å². The number of ether oxygens (including phenoxy) is 1. The van der Waals surface area contributed by atoms with E-state index in [1.807, 2.05) is 19.1 Å². The van der Waals surface area contributed by atoms with E-state index in [0.29, 0.717) is 17.1 Å². The number of hydrogen-bond donors (Lipinski definition) is 0. The molecule has 0 aliphatic carbocycles. The van der Waals surface area contributed by atoms with E-state index in [4.69, 9.17) is 9.15 Å². The largest absolute Gasteiger partial charge is 0.479 e. The maximum absolute atomic E-state index is 13.3. The summed E-state index contributed by atoms with van der Waals surface area (Å²) in [5, 5.41) is 11.0. The van der Waals surface area contributed by atoms with Crippen molar-refractivity contribution >= 4 is 17.5 Å². The van der Waals surface area contributed by atoms with E-state index >= 15 is 0 Å². The zero-order chi connectivity index (χ0) is 20.1. The lowest BCUT2D eigenvalue weighted by Crippen LogP contribution is -1.99. The predicted molar refractivity (Wildman–Crippen MR) is 101 cm³/mol. The molecule has 0 radical (unpaired) electrons. The van der Waals surface area contributed by atoms with Crippen molar-refractivity contribution in [2.75, 3.05) is 0 Å². The lowest BCUT2D eigenvalue weighted by molar-refractivity contribution is -0.386. The maximum atomic E-state index is 13.3. The number of nitro groups is 1. The number of allylic oxidation sites excluding steroid dienone is 1. The van der Waals surface area contributed by atoms with Crippen LogP contribution in [-0.2, 0) is 6.61 Å². The molecule has 3 aromatic rings. The van der Waals surface area contributed by atoms with Gasteiger partial charge in [-0.2, -0.15) is 0 Å². The highest BCUT2D eigenvalue weighted by atomic mass is 19.1. The standard InChI is InChI=1S/C21H16FNO5/c1-14-3-2-4-15(11-14)20(24)10-8-17-6-7-18(28-17)13-27-21-12-16(22)5-9-19(21)23(25)26/h2-12H,13H2,1H3/b10-8+. The average molecular weight is 381 g/mol. The molecular formula is C21H16FNO5. The summed E-state index contributed by atoms with van der Waals surface area (Å²) in [5.41, 5.74) is 1.23. The molecule has 0 aliphatic heterocycles. The molecule has 0 spiro atoms. The summed E-state index contributed by atoms with van der Waals surface area (Å²) in [5.74, 6) is -0.186. The van der Waals surface area contributed by atoms with Crippen LogP contribution in [-0.4, -0.2) is 10.7 Å². The first-order chi connectivity index (χ1) is 13.4. The van der Waals surface area contributed by atoms with Crippen molar-refractivity contribution in [3.8, 4) is 5.75 Å². The molecule has 0 amide bonds. The van der Waals surface area contributed by atoms with Crippen LogP contribution < -0.4 is 4.74 Å². The van der Waals surface area contributed by atoms with Gasteiger partial charge in [-0.15, -0.1) is 0 Å². The van der Waals surface area contributed by atoms with Crippen LogP contribution in [0.1, 0.15) is 27.4 Å². The van der Waals surface area contributed by atoms with Crippen LogP contribution in [0.2, 0.25) is 0 Å². The summed E-state index contributed by atoms with van der Waals surface area (Å²) in [6, 6.07) is 13.5. The minimum Gasteiger partial charge on any atom is -0.479 e. The summed E-state index contributed by atoms with van der Waals surface area (Å²) >= 11 is 0. The van der Waals surface area contributed by atoms with E-state index in [1.54, 1.807) is 24.3 Å². The van der Waals surface area contributed by atoms with Crippen LogP contribution in [0.25, 0.3) is 6.08 Å². The Kier molecular flexibility index (Phi) is 5.64. The van der Waals surface area contributed by atoms with E-state index < -0.39 is 10.7 Å². The summed E-state index contributed by atoms with van der Waals surface area (Å²) in [6.45, 7) is 1.78. The fraction of sp³-hybridized carbons (Fsp3) is 0.0952. The second kappa shape index (κ2) is 8.30. The van der Waals surface area contributed by atoms with Gasteiger partial charge in [-0.3, -0.25) is 14.9 Å². The van der Waals surface area contributed by atoms with Gasteiger partial charge >= 0.3 is 5.69 Å². The number of benzene rings is 2. The molecule has 6 nitrogen and oxygen atoms in total. The second-order valence-corrected chi connectivity index (χ2v) is 6.03. The number of hydrogen-bond acceptors (Lipinski definition) is 5. The van der Waals surface area contributed by atoms with Gasteiger partial charge in [0.1, 0.15) is 23.9 Å². The molecule has 0 fully saturated rings. The first-order valence-corrected chi connectivity index (χ1v) is 8.37. The van der Waals surface area contributed by atoms with Crippen molar-refractivity contribution in [1.29, 1.82) is 0 Å². The molecule has 0 aliphatic rings. The molecule has 0 saturated heterocycles. The number of halogens is 1. The van der Waals surface area contributed by atoms with Gasteiger partial charge in [0.25, 0.3) is 0 Å². The number of nitrogens with zero attached hydrogens (tertiary/aromatic N) is 1. The van der Waals surface area contributed by atoms with Gasteiger partial charge in [0.05, 0.1) is 4.92 Å². The third-order valence-electron chi connectivity index (χ3n) is 3.87. The molecule has 0 N–H and O–H groups in total. The molecular weight excluding hydrogens is 365 g/mol. The fourth-order valence-electron chi connectivity index (χ4n) is 2.52. The zero-order valence-corrected chi connectivity index (χ0v) is 14.9. The second-order valence-electron chi connectivity index (χ2n) is 6.03. The number of furan rings is 1. The van der Waals surface area contributed by atoms with Crippen LogP contribution in [0.3, 0.4) is 0 Å². The number of nitro benzene ring substituents is 1. The van der Waals surface area contributed by atoms with Crippen LogP contribution in [0, 0.1) is 22.9 Å². The average Bonchev–Trinajstić information content (AvgIpc) is 3.12. The topological polar surface area (TPSA) is 82.6 Å². The molecule has 7 heteroatoms. The lowest BCUT2D eigenvalue weighted by atomic mass is 10.1. The van der Waals surface area contributed by atoms with E-state index in [9.17, 15) is 19.3 Å². The minimum atomic E-state index is -0.651. The Balaban J connectivity index is 1.66. The monoisotopic (exact) mass is 381 g/mol. The van der Waals surface area contributed by atoms with Crippen LogP contribution in [0.15, 0.2) is 65.1 Å². The highest BCUT2D eigenvalue weighted by Gasteiger charge is 2.16. The summed E-state index contributed by atoms with van der Waals surface area (Å²) in [4.78, 5) is 22.5. The Morgan fingerprint density at radius 1 is 1.21 bits per heavy atom. The molecule has 28 heavy (non-hydrogen) atoms. The number of aryl methyl sites for hydroxylation is 1. The van der Waals surface area contributed by atoms with Crippen LogP contribution in [0.4, 0.5) is 10.1 Å². The van der Waals surface area contributed by atoms with Gasteiger partial charge in [0, 0.05) is 17.7 Å². The first kappa shape index (κ1) is 19.0. The van der Waals surface area contributed by atoms with Crippen molar-refractivity contribution < 1.29 is 23.3 Å². The number of ketones is 1. The molecule has 1 heterocycles. The Morgan fingerprint density at radius 2 is 2.04 bits per heavy atom. The van der Waals surface area contributed by atoms with Crippen molar-refractivity contribution in [3.05, 3.63) is 99.3 Å². The molecule has 0 saturated carbocycles. The molecule has 2 aromatic carbocycles. The van der Waals surface area contributed by atoms with Gasteiger partial charge in [0.15, 0.2) is 11.5 Å². The SMILES string of the molecule is Cc1cccc(C(=O)/C=C/c2ccc(COc3cc(F)ccc3[N+](=O)[O-])o2)c1. The fourth-order valence-corrected chi connectivity index (χ4v) is 2.52. The first-order valence-electron chi connectivity index (χ1n) is 8.37. The molecule has 1 aromatic heterocycles. The molecule has 3 rings (SSSR count). The Labute approximate surface area is 160 Å². The summed E-state index contributed by atoms with van der Waals surface area (Å²) < 4.78 is 24.2. The molecule has 0 atom stereocenters. The van der Waals surface area contributed by atoms with Gasteiger partial charge in [-0.1, -0.05) is 23.8 Å². The van der Waals surface area contributed by atoms with Gasteiger partial charge < -0.3 is 9.15 Å². The Hall–Kier alpha value is -3.74. The van der Waals surface area contributed by atoms with E-state index in [-0.39, 0.29) is 23.8 Å². The van der Waals surface area contributed by atoms with Gasteiger partial charge in [0.2, 0.25) is 0 Å². The van der Waals surface area contributed by atoms with E-state index in [0.717, 1.165) is 23.8 Å². The smallest absolute Gasteiger partial charge is 0.311 e. The molecule has 0 unspecified atom stereocenters. The minimum absolute atomic E-state index is 0.121. The van der Waals surface area contributed by atoms with E-state index in [1.165, 1.54) is 12.2 Å². The van der Waals surface area contributed by atoms with Crippen molar-refractivity contribution in [1.82, 2.24) is 0 Å². The molecule has 0 bridgehead atoms.